The highest BCUT2D eigenvalue weighted by molar-refractivity contribution is 7.99. The van der Waals surface area contributed by atoms with Crippen molar-refractivity contribution in [3.05, 3.63) is 17.8 Å². The normalized spacial score (nSPS) is 20.9. The number of nitrogens with zero attached hydrogens (tertiary/aromatic N) is 1. The molecule has 0 bridgehead atoms. The summed E-state index contributed by atoms with van der Waals surface area (Å²) in [6, 6.07) is 0. The van der Waals surface area contributed by atoms with Gasteiger partial charge in [0, 0.05) is 6.42 Å². The van der Waals surface area contributed by atoms with Gasteiger partial charge in [0.15, 0.2) is 5.89 Å². The Labute approximate surface area is 100 Å². The summed E-state index contributed by atoms with van der Waals surface area (Å²) >= 11 is 2.02. The molecule has 0 radical (unpaired) electrons. The number of hydrogen-bond donors (Lipinski definition) is 0. The second kappa shape index (κ2) is 5.53. The molecule has 1 aromatic heterocycles. The molecule has 1 unspecified atom stereocenters. The summed E-state index contributed by atoms with van der Waals surface area (Å²) in [6.07, 6.45) is 5.51. The van der Waals surface area contributed by atoms with Gasteiger partial charge in [-0.3, -0.25) is 4.79 Å². The zero-order chi connectivity index (χ0) is 11.4. The first-order valence-corrected chi connectivity index (χ1v) is 6.90. The topological polar surface area (TPSA) is 43.1 Å². The number of aromatic nitrogens is 1. The summed E-state index contributed by atoms with van der Waals surface area (Å²) < 4.78 is 5.40. The Bertz CT molecular complexity index is 356. The molecule has 3 nitrogen and oxygen atoms in total. The van der Waals surface area contributed by atoms with Crippen LogP contribution in [0.2, 0.25) is 0 Å². The van der Waals surface area contributed by atoms with Crippen LogP contribution in [0.25, 0.3) is 0 Å². The van der Waals surface area contributed by atoms with Gasteiger partial charge >= 0.3 is 0 Å². The van der Waals surface area contributed by atoms with Crippen molar-refractivity contribution in [2.24, 2.45) is 5.92 Å². The molecule has 0 aliphatic carbocycles. The first kappa shape index (κ1) is 11.7. The number of rotatable bonds is 4. The first-order valence-electron chi connectivity index (χ1n) is 5.74. The average molecular weight is 239 g/mol. The van der Waals surface area contributed by atoms with Crippen molar-refractivity contribution >= 4 is 17.5 Å². The standard InChI is InChI=1S/C12H17NO2S/c1-9(14)5-11-7-15-12(13-11)6-10-3-2-4-16-8-10/h7,10H,2-6,8H2,1H3. The van der Waals surface area contributed by atoms with Crippen molar-refractivity contribution < 1.29 is 9.21 Å². The third kappa shape index (κ3) is 3.37. The molecule has 16 heavy (non-hydrogen) atoms. The van der Waals surface area contributed by atoms with E-state index in [0.29, 0.717) is 12.3 Å². The molecule has 0 N–H and O–H groups in total. The summed E-state index contributed by atoms with van der Waals surface area (Å²) in [6.45, 7) is 1.58. The highest BCUT2D eigenvalue weighted by Gasteiger charge is 2.17. The number of carbonyl (C=O) groups is 1. The lowest BCUT2D eigenvalue weighted by Crippen LogP contribution is -2.13. The van der Waals surface area contributed by atoms with Crippen LogP contribution in [0, 0.1) is 5.92 Å². The molecule has 1 aliphatic heterocycles. The lowest BCUT2D eigenvalue weighted by molar-refractivity contribution is -0.116. The minimum absolute atomic E-state index is 0.132. The minimum atomic E-state index is 0.132. The Morgan fingerprint density at radius 2 is 2.56 bits per heavy atom. The summed E-state index contributed by atoms with van der Waals surface area (Å²) in [4.78, 5) is 15.3. The van der Waals surface area contributed by atoms with Gasteiger partial charge in [0.1, 0.15) is 12.0 Å². The molecule has 1 aliphatic rings. The number of thioether (sulfide) groups is 1. The van der Waals surface area contributed by atoms with Gasteiger partial charge in [0.25, 0.3) is 0 Å². The SMILES string of the molecule is CC(=O)Cc1coc(CC2CCCSC2)n1. The lowest BCUT2D eigenvalue weighted by atomic mass is 10.0. The van der Waals surface area contributed by atoms with Gasteiger partial charge in [0.2, 0.25) is 0 Å². The van der Waals surface area contributed by atoms with Gasteiger partial charge in [-0.15, -0.1) is 0 Å². The molecule has 88 valence electrons. The van der Waals surface area contributed by atoms with Crippen molar-refractivity contribution in [2.45, 2.75) is 32.6 Å². The van der Waals surface area contributed by atoms with Crippen LogP contribution in [0.4, 0.5) is 0 Å². The number of oxazole rings is 1. The van der Waals surface area contributed by atoms with E-state index >= 15 is 0 Å². The summed E-state index contributed by atoms with van der Waals surface area (Å²) in [7, 11) is 0. The predicted octanol–water partition coefficient (Wildman–Crippen LogP) is 2.49. The van der Waals surface area contributed by atoms with Crippen LogP contribution in [0.15, 0.2) is 10.7 Å². The first-order chi connectivity index (χ1) is 7.74. The molecule has 0 aromatic carbocycles. The van der Waals surface area contributed by atoms with Gasteiger partial charge in [-0.2, -0.15) is 11.8 Å². The van der Waals surface area contributed by atoms with Crippen molar-refractivity contribution in [1.82, 2.24) is 4.98 Å². The molecule has 2 heterocycles. The molecule has 0 spiro atoms. The fourth-order valence-electron chi connectivity index (χ4n) is 1.99. The van der Waals surface area contributed by atoms with Crippen LogP contribution >= 0.6 is 11.8 Å². The molecule has 1 aromatic rings. The Balaban J connectivity index is 1.88. The van der Waals surface area contributed by atoms with Gasteiger partial charge in [-0.1, -0.05) is 0 Å². The van der Waals surface area contributed by atoms with E-state index in [4.69, 9.17) is 4.42 Å². The lowest BCUT2D eigenvalue weighted by Gasteiger charge is -2.19. The Kier molecular flexibility index (Phi) is 4.04. The maximum absolute atomic E-state index is 10.9. The summed E-state index contributed by atoms with van der Waals surface area (Å²) in [5.74, 6) is 4.13. The van der Waals surface area contributed by atoms with Crippen LogP contribution in [0.1, 0.15) is 31.4 Å². The van der Waals surface area contributed by atoms with E-state index < -0.39 is 0 Å². The van der Waals surface area contributed by atoms with Gasteiger partial charge < -0.3 is 4.42 Å². The molecule has 1 atom stereocenters. The van der Waals surface area contributed by atoms with E-state index in [0.717, 1.165) is 18.0 Å². The van der Waals surface area contributed by atoms with E-state index in [-0.39, 0.29) is 5.78 Å². The maximum atomic E-state index is 10.9. The van der Waals surface area contributed by atoms with Crippen molar-refractivity contribution in [3.63, 3.8) is 0 Å². The molecule has 1 saturated heterocycles. The molecule has 0 amide bonds. The van der Waals surface area contributed by atoms with Crippen molar-refractivity contribution in [2.75, 3.05) is 11.5 Å². The zero-order valence-corrected chi connectivity index (χ0v) is 10.4. The number of Topliss-reactive ketones (excluding diaryl/α,β-unsaturated/α-hetero) is 1. The monoisotopic (exact) mass is 239 g/mol. The quantitative estimate of drug-likeness (QED) is 0.809. The zero-order valence-electron chi connectivity index (χ0n) is 9.57. The number of carbonyl (C=O) groups excluding carboxylic acids is 1. The maximum Gasteiger partial charge on any atom is 0.194 e. The summed E-state index contributed by atoms with van der Waals surface area (Å²) in [5.41, 5.74) is 0.769. The Morgan fingerprint density at radius 1 is 1.69 bits per heavy atom. The van der Waals surface area contributed by atoms with Crippen LogP contribution in [-0.2, 0) is 17.6 Å². The smallest absolute Gasteiger partial charge is 0.194 e. The van der Waals surface area contributed by atoms with E-state index in [9.17, 15) is 4.79 Å². The van der Waals surface area contributed by atoms with Crippen LogP contribution in [0.5, 0.6) is 0 Å². The van der Waals surface area contributed by atoms with Crippen molar-refractivity contribution in [1.29, 1.82) is 0 Å². The highest BCUT2D eigenvalue weighted by Crippen LogP contribution is 2.25. The van der Waals surface area contributed by atoms with Gasteiger partial charge in [-0.25, -0.2) is 4.98 Å². The molecular formula is C12H17NO2S. The fourth-order valence-corrected chi connectivity index (χ4v) is 3.15. The minimum Gasteiger partial charge on any atom is -0.449 e. The van der Waals surface area contributed by atoms with Crippen LogP contribution in [-0.4, -0.2) is 22.3 Å². The van der Waals surface area contributed by atoms with Crippen molar-refractivity contribution in [3.8, 4) is 0 Å². The Morgan fingerprint density at radius 3 is 3.25 bits per heavy atom. The molecule has 1 fully saturated rings. The largest absolute Gasteiger partial charge is 0.449 e. The summed E-state index contributed by atoms with van der Waals surface area (Å²) in [5, 5.41) is 0. The van der Waals surface area contributed by atoms with Crippen LogP contribution < -0.4 is 0 Å². The van der Waals surface area contributed by atoms with Gasteiger partial charge in [0.05, 0.1) is 12.1 Å². The van der Waals surface area contributed by atoms with Crippen LogP contribution in [0.3, 0.4) is 0 Å². The third-order valence-corrected chi connectivity index (χ3v) is 4.03. The predicted molar refractivity (Wildman–Crippen MR) is 64.6 cm³/mol. The second-order valence-corrected chi connectivity index (χ2v) is 5.55. The Hall–Kier alpha value is -0.770. The highest BCUT2D eigenvalue weighted by atomic mass is 32.2. The molecule has 0 saturated carbocycles. The van der Waals surface area contributed by atoms with E-state index in [2.05, 4.69) is 4.98 Å². The fraction of sp³-hybridized carbons (Fsp3) is 0.667. The molecule has 4 heteroatoms. The van der Waals surface area contributed by atoms with Gasteiger partial charge in [-0.05, 0) is 37.2 Å². The van der Waals surface area contributed by atoms with E-state index in [1.54, 1.807) is 13.2 Å². The number of ketones is 1. The third-order valence-electron chi connectivity index (χ3n) is 2.75. The number of hydrogen-bond acceptors (Lipinski definition) is 4. The average Bonchev–Trinajstić information content (AvgIpc) is 2.66. The molecule has 2 rings (SSSR count). The second-order valence-electron chi connectivity index (χ2n) is 4.40. The van der Waals surface area contributed by atoms with E-state index in [1.165, 1.54) is 24.3 Å². The van der Waals surface area contributed by atoms with E-state index in [1.807, 2.05) is 11.8 Å². The molecular weight excluding hydrogens is 222 g/mol.